The molecule has 5 heteroatoms. The Morgan fingerprint density at radius 2 is 1.88 bits per heavy atom. The summed E-state index contributed by atoms with van der Waals surface area (Å²) in [7, 11) is 0. The number of hydrogen-bond acceptors (Lipinski definition) is 3. The second kappa shape index (κ2) is 6.75. The molecule has 130 valence electrons. The van der Waals surface area contributed by atoms with Crippen LogP contribution in [0.25, 0.3) is 0 Å². The van der Waals surface area contributed by atoms with Gasteiger partial charge in [-0.1, -0.05) is 24.3 Å². The Hall–Kier alpha value is -2.56. The summed E-state index contributed by atoms with van der Waals surface area (Å²) in [5.41, 5.74) is 3.14. The standard InChI is InChI=1S/C20H22N2O3/c23-19(22-10-7-15-4-1-2-5-16(15)12-22)17-6-3-9-21(13-17)20(24)18-8-11-25-14-18/h1-2,4-5,8,11,14,17H,3,6-7,9-10,12-13H2. The number of likely N-dealkylation sites (tertiary alicyclic amines) is 1. The van der Waals surface area contributed by atoms with Gasteiger partial charge in [0.05, 0.1) is 17.7 Å². The zero-order chi connectivity index (χ0) is 17.2. The third kappa shape index (κ3) is 3.18. The first-order valence-corrected chi connectivity index (χ1v) is 8.89. The predicted octanol–water partition coefficient (Wildman–Crippen LogP) is 2.72. The van der Waals surface area contributed by atoms with Gasteiger partial charge in [0.1, 0.15) is 6.26 Å². The van der Waals surface area contributed by atoms with Crippen molar-refractivity contribution in [1.29, 1.82) is 0 Å². The van der Waals surface area contributed by atoms with E-state index in [1.54, 1.807) is 11.0 Å². The highest BCUT2D eigenvalue weighted by Crippen LogP contribution is 2.25. The van der Waals surface area contributed by atoms with Gasteiger partial charge in [0.25, 0.3) is 5.91 Å². The van der Waals surface area contributed by atoms with Crippen molar-refractivity contribution >= 4 is 11.8 Å². The summed E-state index contributed by atoms with van der Waals surface area (Å²) in [4.78, 5) is 29.2. The molecule has 1 unspecified atom stereocenters. The summed E-state index contributed by atoms with van der Waals surface area (Å²) in [5.74, 6) is 0.0318. The largest absolute Gasteiger partial charge is 0.472 e. The number of piperidine rings is 1. The van der Waals surface area contributed by atoms with E-state index in [9.17, 15) is 9.59 Å². The van der Waals surface area contributed by atoms with E-state index < -0.39 is 0 Å². The van der Waals surface area contributed by atoms with Crippen LogP contribution in [0.5, 0.6) is 0 Å². The number of fused-ring (bicyclic) bond motifs is 1. The summed E-state index contributed by atoms with van der Waals surface area (Å²) in [6.45, 7) is 2.65. The molecule has 3 heterocycles. The normalized spacial score (nSPS) is 20.2. The predicted molar refractivity (Wildman–Crippen MR) is 92.9 cm³/mol. The lowest BCUT2D eigenvalue weighted by molar-refractivity contribution is -0.137. The van der Waals surface area contributed by atoms with Crippen LogP contribution in [0.2, 0.25) is 0 Å². The van der Waals surface area contributed by atoms with Gasteiger partial charge in [-0.25, -0.2) is 0 Å². The van der Waals surface area contributed by atoms with Crippen LogP contribution < -0.4 is 0 Å². The van der Waals surface area contributed by atoms with Crippen LogP contribution in [-0.2, 0) is 17.8 Å². The van der Waals surface area contributed by atoms with Gasteiger partial charge in [0.15, 0.2) is 0 Å². The van der Waals surface area contributed by atoms with Gasteiger partial charge in [-0.2, -0.15) is 0 Å². The minimum Gasteiger partial charge on any atom is -0.472 e. The van der Waals surface area contributed by atoms with Gasteiger partial charge in [0, 0.05) is 26.2 Å². The number of rotatable bonds is 2. The maximum Gasteiger partial charge on any atom is 0.257 e. The van der Waals surface area contributed by atoms with E-state index in [2.05, 4.69) is 18.2 Å². The number of amides is 2. The molecular weight excluding hydrogens is 316 g/mol. The number of carbonyl (C=O) groups is 2. The lowest BCUT2D eigenvalue weighted by Gasteiger charge is -2.36. The van der Waals surface area contributed by atoms with Crippen molar-refractivity contribution in [3.63, 3.8) is 0 Å². The topological polar surface area (TPSA) is 53.8 Å². The van der Waals surface area contributed by atoms with Crippen LogP contribution in [0, 0.1) is 5.92 Å². The lowest BCUT2D eigenvalue weighted by Crippen LogP contribution is -2.47. The Bertz CT molecular complexity index is 769. The molecule has 1 atom stereocenters. The smallest absolute Gasteiger partial charge is 0.257 e. The van der Waals surface area contributed by atoms with Crippen LogP contribution in [0.15, 0.2) is 47.3 Å². The summed E-state index contributed by atoms with van der Waals surface area (Å²) >= 11 is 0. The van der Waals surface area contributed by atoms with Gasteiger partial charge in [0.2, 0.25) is 5.91 Å². The van der Waals surface area contributed by atoms with Gasteiger partial charge in [-0.3, -0.25) is 9.59 Å². The maximum absolute atomic E-state index is 13.0. The molecule has 0 N–H and O–H groups in total. The monoisotopic (exact) mass is 338 g/mol. The van der Waals surface area contributed by atoms with Crippen LogP contribution >= 0.6 is 0 Å². The molecule has 4 rings (SSSR count). The molecule has 0 radical (unpaired) electrons. The maximum atomic E-state index is 13.0. The SMILES string of the molecule is O=C(c1ccoc1)N1CCCC(C(=O)N2CCc3ccccc3C2)C1. The minimum absolute atomic E-state index is 0.0461. The number of nitrogens with zero attached hydrogens (tertiary/aromatic N) is 2. The number of furan rings is 1. The first kappa shape index (κ1) is 15.9. The van der Waals surface area contributed by atoms with Crippen molar-refractivity contribution in [1.82, 2.24) is 9.80 Å². The van der Waals surface area contributed by atoms with Crippen LogP contribution in [0.1, 0.15) is 34.3 Å². The fourth-order valence-corrected chi connectivity index (χ4v) is 3.87. The molecule has 25 heavy (non-hydrogen) atoms. The molecule has 2 amide bonds. The fourth-order valence-electron chi connectivity index (χ4n) is 3.87. The molecule has 1 aromatic heterocycles. The molecule has 2 aliphatic heterocycles. The van der Waals surface area contributed by atoms with Crippen molar-refractivity contribution in [2.45, 2.75) is 25.8 Å². The van der Waals surface area contributed by atoms with Crippen LogP contribution in [0.4, 0.5) is 0 Å². The van der Waals surface area contributed by atoms with Crippen molar-refractivity contribution < 1.29 is 14.0 Å². The molecule has 0 aliphatic carbocycles. The molecule has 0 bridgehead atoms. The highest BCUT2D eigenvalue weighted by molar-refractivity contribution is 5.94. The van der Waals surface area contributed by atoms with Crippen molar-refractivity contribution in [2.75, 3.05) is 19.6 Å². The van der Waals surface area contributed by atoms with Crippen molar-refractivity contribution in [3.05, 3.63) is 59.5 Å². The molecule has 5 nitrogen and oxygen atoms in total. The molecule has 2 aromatic rings. The third-order valence-electron chi connectivity index (χ3n) is 5.27. The van der Waals surface area contributed by atoms with E-state index >= 15 is 0 Å². The summed E-state index contributed by atoms with van der Waals surface area (Å²) in [6, 6.07) is 10.00. The van der Waals surface area contributed by atoms with Gasteiger partial charge >= 0.3 is 0 Å². The second-order valence-electron chi connectivity index (χ2n) is 6.88. The zero-order valence-electron chi connectivity index (χ0n) is 14.2. The van der Waals surface area contributed by atoms with Gasteiger partial charge in [-0.05, 0) is 36.5 Å². The molecular formula is C20H22N2O3. The van der Waals surface area contributed by atoms with Crippen molar-refractivity contribution in [3.8, 4) is 0 Å². The fraction of sp³-hybridized carbons (Fsp3) is 0.400. The van der Waals surface area contributed by atoms with E-state index in [4.69, 9.17) is 4.42 Å². The van der Waals surface area contributed by atoms with E-state index in [-0.39, 0.29) is 17.7 Å². The highest BCUT2D eigenvalue weighted by Gasteiger charge is 2.32. The Balaban J connectivity index is 1.43. The number of benzene rings is 1. The van der Waals surface area contributed by atoms with E-state index in [1.807, 2.05) is 11.0 Å². The molecule has 2 aliphatic rings. The minimum atomic E-state index is -0.102. The third-order valence-corrected chi connectivity index (χ3v) is 5.27. The molecule has 0 spiro atoms. The van der Waals surface area contributed by atoms with Crippen LogP contribution in [-0.4, -0.2) is 41.2 Å². The average Bonchev–Trinajstić information content (AvgIpc) is 3.21. The molecule has 1 fully saturated rings. The Kier molecular flexibility index (Phi) is 4.30. The zero-order valence-corrected chi connectivity index (χ0v) is 14.2. The van der Waals surface area contributed by atoms with Gasteiger partial charge < -0.3 is 14.2 Å². The van der Waals surface area contributed by atoms with E-state index in [1.165, 1.54) is 23.7 Å². The Morgan fingerprint density at radius 1 is 1.04 bits per heavy atom. The first-order chi connectivity index (χ1) is 12.2. The Labute approximate surface area is 147 Å². The van der Waals surface area contributed by atoms with Gasteiger partial charge in [-0.15, -0.1) is 0 Å². The van der Waals surface area contributed by atoms with E-state index in [0.717, 1.165) is 25.8 Å². The average molecular weight is 338 g/mol. The molecule has 1 saturated heterocycles. The summed E-state index contributed by atoms with van der Waals surface area (Å²) in [6.07, 6.45) is 5.60. The highest BCUT2D eigenvalue weighted by atomic mass is 16.3. The Morgan fingerprint density at radius 3 is 2.68 bits per heavy atom. The first-order valence-electron chi connectivity index (χ1n) is 8.89. The lowest BCUT2D eigenvalue weighted by atomic mass is 9.93. The molecule has 1 aromatic carbocycles. The van der Waals surface area contributed by atoms with Crippen LogP contribution in [0.3, 0.4) is 0 Å². The summed E-state index contributed by atoms with van der Waals surface area (Å²) < 4.78 is 5.01. The number of hydrogen-bond donors (Lipinski definition) is 0. The summed E-state index contributed by atoms with van der Waals surface area (Å²) in [5, 5.41) is 0. The number of carbonyl (C=O) groups excluding carboxylic acids is 2. The van der Waals surface area contributed by atoms with Crippen molar-refractivity contribution in [2.24, 2.45) is 5.92 Å². The second-order valence-corrected chi connectivity index (χ2v) is 6.88. The van der Waals surface area contributed by atoms with E-state index in [0.29, 0.717) is 25.2 Å². The quantitative estimate of drug-likeness (QED) is 0.846. The molecule has 0 saturated carbocycles.